The van der Waals surface area contributed by atoms with Crippen LogP contribution in [0.2, 0.25) is 0 Å². The Morgan fingerprint density at radius 2 is 1.83 bits per heavy atom. The van der Waals surface area contributed by atoms with Crippen molar-refractivity contribution in [1.29, 1.82) is 0 Å². The SMILES string of the molecule is CCc1ccc2ccccc2c1Cn1ccc2nccnc2c1=O. The van der Waals surface area contributed by atoms with Crippen molar-refractivity contribution in [2.75, 3.05) is 0 Å². The third kappa shape index (κ3) is 2.36. The van der Waals surface area contributed by atoms with Crippen molar-refractivity contribution in [3.05, 3.63) is 82.5 Å². The van der Waals surface area contributed by atoms with E-state index in [0.717, 1.165) is 6.42 Å². The van der Waals surface area contributed by atoms with Gasteiger partial charge in [-0.05, 0) is 34.4 Å². The van der Waals surface area contributed by atoms with Gasteiger partial charge in [-0.25, -0.2) is 4.98 Å². The highest BCUT2D eigenvalue weighted by molar-refractivity contribution is 5.86. The first kappa shape index (κ1) is 14.6. The molecule has 0 spiro atoms. The Kier molecular flexibility index (Phi) is 3.58. The molecule has 0 saturated carbocycles. The first-order valence-electron chi connectivity index (χ1n) is 8.07. The number of benzene rings is 2. The summed E-state index contributed by atoms with van der Waals surface area (Å²) in [7, 11) is 0. The third-order valence-corrected chi connectivity index (χ3v) is 4.45. The van der Waals surface area contributed by atoms with E-state index in [0.29, 0.717) is 17.6 Å². The van der Waals surface area contributed by atoms with Gasteiger partial charge in [0.15, 0.2) is 5.52 Å². The zero-order chi connectivity index (χ0) is 16.5. The summed E-state index contributed by atoms with van der Waals surface area (Å²) in [6, 6.07) is 14.5. The van der Waals surface area contributed by atoms with E-state index in [4.69, 9.17) is 0 Å². The van der Waals surface area contributed by atoms with Crippen LogP contribution in [0.25, 0.3) is 21.8 Å². The summed E-state index contributed by atoms with van der Waals surface area (Å²) in [6.07, 6.45) is 5.90. The predicted molar refractivity (Wildman–Crippen MR) is 96.2 cm³/mol. The molecule has 4 rings (SSSR count). The van der Waals surface area contributed by atoms with Crippen LogP contribution in [0, 0.1) is 0 Å². The molecule has 24 heavy (non-hydrogen) atoms. The van der Waals surface area contributed by atoms with E-state index < -0.39 is 0 Å². The Morgan fingerprint density at radius 3 is 2.71 bits per heavy atom. The van der Waals surface area contributed by atoms with Crippen LogP contribution >= 0.6 is 0 Å². The molecule has 2 aromatic carbocycles. The molecule has 0 atom stereocenters. The molecule has 0 N–H and O–H groups in total. The Balaban J connectivity index is 1.91. The fourth-order valence-electron chi connectivity index (χ4n) is 3.19. The molecule has 118 valence electrons. The average Bonchev–Trinajstić information content (AvgIpc) is 2.64. The second-order valence-corrected chi connectivity index (χ2v) is 5.82. The van der Waals surface area contributed by atoms with Crippen LogP contribution in [0.4, 0.5) is 0 Å². The normalized spacial score (nSPS) is 11.2. The minimum Gasteiger partial charge on any atom is -0.309 e. The van der Waals surface area contributed by atoms with Crippen molar-refractivity contribution in [3.63, 3.8) is 0 Å². The lowest BCUT2D eigenvalue weighted by molar-refractivity contribution is 0.761. The molecule has 0 radical (unpaired) electrons. The van der Waals surface area contributed by atoms with Gasteiger partial charge in [0.25, 0.3) is 5.56 Å². The van der Waals surface area contributed by atoms with E-state index in [9.17, 15) is 4.79 Å². The van der Waals surface area contributed by atoms with Crippen molar-refractivity contribution < 1.29 is 0 Å². The average molecular weight is 315 g/mol. The molecule has 4 nitrogen and oxygen atoms in total. The first-order chi connectivity index (χ1) is 11.8. The molecule has 0 amide bonds. The Labute approximate surface area is 139 Å². The molecule has 0 saturated heterocycles. The highest BCUT2D eigenvalue weighted by atomic mass is 16.1. The second-order valence-electron chi connectivity index (χ2n) is 5.82. The maximum absolute atomic E-state index is 12.7. The molecule has 2 aromatic heterocycles. The smallest absolute Gasteiger partial charge is 0.278 e. The van der Waals surface area contributed by atoms with Crippen LogP contribution in [0.5, 0.6) is 0 Å². The summed E-state index contributed by atoms with van der Waals surface area (Å²) in [5, 5.41) is 2.39. The first-order valence-corrected chi connectivity index (χ1v) is 8.07. The van der Waals surface area contributed by atoms with Gasteiger partial charge in [0, 0.05) is 18.6 Å². The van der Waals surface area contributed by atoms with Crippen molar-refractivity contribution in [3.8, 4) is 0 Å². The van der Waals surface area contributed by atoms with E-state index >= 15 is 0 Å². The lowest BCUT2D eigenvalue weighted by Crippen LogP contribution is -2.21. The van der Waals surface area contributed by atoms with Gasteiger partial charge in [0.2, 0.25) is 0 Å². The standard InChI is InChI=1S/C20H17N3O/c1-2-14-7-8-15-5-3-4-6-16(15)17(14)13-23-12-9-18-19(20(23)24)22-11-10-21-18/h3-12H,2,13H2,1H3. The van der Waals surface area contributed by atoms with Gasteiger partial charge < -0.3 is 4.57 Å². The molecule has 0 unspecified atom stereocenters. The molecular formula is C20H17N3O. The summed E-state index contributed by atoms with van der Waals surface area (Å²) in [4.78, 5) is 21.1. The number of hydrogen-bond donors (Lipinski definition) is 0. The van der Waals surface area contributed by atoms with Crippen molar-refractivity contribution >= 4 is 21.8 Å². The van der Waals surface area contributed by atoms with Gasteiger partial charge in [-0.3, -0.25) is 9.78 Å². The van der Waals surface area contributed by atoms with Crippen LogP contribution in [0.1, 0.15) is 18.1 Å². The van der Waals surface area contributed by atoms with E-state index in [-0.39, 0.29) is 5.56 Å². The maximum Gasteiger partial charge on any atom is 0.278 e. The fraction of sp³-hybridized carbons (Fsp3) is 0.150. The van der Waals surface area contributed by atoms with Crippen LogP contribution in [-0.4, -0.2) is 14.5 Å². The van der Waals surface area contributed by atoms with Gasteiger partial charge in [-0.15, -0.1) is 0 Å². The van der Waals surface area contributed by atoms with Crippen LogP contribution in [-0.2, 0) is 13.0 Å². The lowest BCUT2D eigenvalue weighted by Gasteiger charge is -2.14. The number of fused-ring (bicyclic) bond motifs is 2. The highest BCUT2D eigenvalue weighted by Gasteiger charge is 2.10. The number of nitrogens with zero attached hydrogens (tertiary/aromatic N) is 3. The summed E-state index contributed by atoms with van der Waals surface area (Å²) >= 11 is 0. The van der Waals surface area contributed by atoms with E-state index in [1.165, 1.54) is 21.9 Å². The summed E-state index contributed by atoms with van der Waals surface area (Å²) in [6.45, 7) is 2.68. The summed E-state index contributed by atoms with van der Waals surface area (Å²) in [5.74, 6) is 0. The van der Waals surface area contributed by atoms with Gasteiger partial charge in [-0.1, -0.05) is 43.3 Å². The zero-order valence-corrected chi connectivity index (χ0v) is 13.4. The van der Waals surface area contributed by atoms with Crippen molar-refractivity contribution in [2.24, 2.45) is 0 Å². The van der Waals surface area contributed by atoms with Gasteiger partial charge in [-0.2, -0.15) is 0 Å². The zero-order valence-electron chi connectivity index (χ0n) is 13.4. The van der Waals surface area contributed by atoms with Crippen molar-refractivity contribution in [2.45, 2.75) is 19.9 Å². The van der Waals surface area contributed by atoms with Gasteiger partial charge in [0.1, 0.15) is 0 Å². The van der Waals surface area contributed by atoms with Crippen LogP contribution in [0.3, 0.4) is 0 Å². The second kappa shape index (κ2) is 5.89. The van der Waals surface area contributed by atoms with Gasteiger partial charge >= 0.3 is 0 Å². The Hall–Kier alpha value is -3.01. The number of aryl methyl sites for hydroxylation is 1. The quantitative estimate of drug-likeness (QED) is 0.581. The Bertz CT molecular complexity index is 1100. The number of hydrogen-bond acceptors (Lipinski definition) is 3. The Morgan fingerprint density at radius 1 is 1.00 bits per heavy atom. The molecule has 4 heteroatoms. The molecule has 2 heterocycles. The number of pyridine rings is 1. The highest BCUT2D eigenvalue weighted by Crippen LogP contribution is 2.24. The van der Waals surface area contributed by atoms with Crippen molar-refractivity contribution in [1.82, 2.24) is 14.5 Å². The molecule has 0 aliphatic carbocycles. The lowest BCUT2D eigenvalue weighted by atomic mass is 9.97. The fourth-order valence-corrected chi connectivity index (χ4v) is 3.19. The molecule has 0 aliphatic rings. The largest absolute Gasteiger partial charge is 0.309 e. The molecule has 0 aliphatic heterocycles. The van der Waals surface area contributed by atoms with Crippen LogP contribution < -0.4 is 5.56 Å². The monoisotopic (exact) mass is 315 g/mol. The number of rotatable bonds is 3. The van der Waals surface area contributed by atoms with Gasteiger partial charge in [0.05, 0.1) is 12.1 Å². The van der Waals surface area contributed by atoms with E-state index in [1.54, 1.807) is 23.2 Å². The number of aromatic nitrogens is 3. The minimum atomic E-state index is -0.101. The van der Waals surface area contributed by atoms with Crippen LogP contribution in [0.15, 0.2) is 65.8 Å². The summed E-state index contributed by atoms with van der Waals surface area (Å²) in [5.41, 5.74) is 3.40. The summed E-state index contributed by atoms with van der Waals surface area (Å²) < 4.78 is 1.72. The third-order valence-electron chi connectivity index (χ3n) is 4.45. The maximum atomic E-state index is 12.7. The van der Waals surface area contributed by atoms with E-state index in [1.807, 2.05) is 18.2 Å². The molecule has 0 fully saturated rings. The molecule has 0 bridgehead atoms. The van der Waals surface area contributed by atoms with E-state index in [2.05, 4.69) is 41.2 Å². The minimum absolute atomic E-state index is 0.101. The topological polar surface area (TPSA) is 47.8 Å². The molecule has 4 aromatic rings. The predicted octanol–water partition coefficient (Wildman–Crippen LogP) is 3.56. The molecular weight excluding hydrogens is 298 g/mol.